The number of carbonyl (C=O) groups is 1. The first-order valence-electron chi connectivity index (χ1n) is 7.65. The SMILES string of the molecule is CN(CC1CC(N)C1)C(=O)C1C2C3CCC(C3)C12. The summed E-state index contributed by atoms with van der Waals surface area (Å²) in [5, 5.41) is 0. The lowest BCUT2D eigenvalue weighted by Gasteiger charge is -2.35. The van der Waals surface area contributed by atoms with E-state index in [0.29, 0.717) is 23.8 Å². The molecule has 0 heterocycles. The van der Waals surface area contributed by atoms with E-state index in [0.717, 1.165) is 43.1 Å². The highest BCUT2D eigenvalue weighted by Crippen LogP contribution is 2.69. The van der Waals surface area contributed by atoms with Crippen LogP contribution in [-0.4, -0.2) is 30.4 Å². The molecule has 0 aromatic rings. The van der Waals surface area contributed by atoms with Crippen LogP contribution in [0.4, 0.5) is 0 Å². The number of hydrogen-bond acceptors (Lipinski definition) is 2. The molecular weight excluding hydrogens is 224 g/mol. The van der Waals surface area contributed by atoms with Crippen molar-refractivity contribution in [2.24, 2.45) is 41.2 Å². The van der Waals surface area contributed by atoms with Gasteiger partial charge in [0, 0.05) is 25.6 Å². The van der Waals surface area contributed by atoms with Crippen molar-refractivity contribution in [3.05, 3.63) is 0 Å². The van der Waals surface area contributed by atoms with Crippen LogP contribution in [-0.2, 0) is 4.79 Å². The normalized spacial score (nSPS) is 51.8. The summed E-state index contributed by atoms with van der Waals surface area (Å²) in [6.45, 7) is 0.942. The highest BCUT2D eigenvalue weighted by Gasteiger charge is 2.67. The second kappa shape index (κ2) is 3.72. The van der Waals surface area contributed by atoms with Gasteiger partial charge in [-0.15, -0.1) is 0 Å². The minimum Gasteiger partial charge on any atom is -0.345 e. The summed E-state index contributed by atoms with van der Waals surface area (Å²) in [5.74, 6) is 4.89. The van der Waals surface area contributed by atoms with Crippen molar-refractivity contribution >= 4 is 5.91 Å². The summed E-state index contributed by atoms with van der Waals surface area (Å²) in [4.78, 5) is 14.5. The number of nitrogens with zero attached hydrogens (tertiary/aromatic N) is 1. The van der Waals surface area contributed by atoms with Crippen LogP contribution >= 0.6 is 0 Å². The lowest BCUT2D eigenvalue weighted by molar-refractivity contribution is -0.133. The van der Waals surface area contributed by atoms with E-state index in [-0.39, 0.29) is 0 Å². The molecule has 1 amide bonds. The summed E-state index contributed by atoms with van der Waals surface area (Å²) in [6.07, 6.45) is 6.45. The molecule has 0 spiro atoms. The molecule has 3 nitrogen and oxygen atoms in total. The first-order valence-corrected chi connectivity index (χ1v) is 7.65. The Labute approximate surface area is 109 Å². The Kier molecular flexibility index (Phi) is 2.33. The number of hydrogen-bond donors (Lipinski definition) is 1. The van der Waals surface area contributed by atoms with Crippen LogP contribution in [0.5, 0.6) is 0 Å². The Hall–Kier alpha value is -0.570. The zero-order valence-corrected chi connectivity index (χ0v) is 11.2. The maximum absolute atomic E-state index is 12.5. The Balaban J connectivity index is 1.34. The van der Waals surface area contributed by atoms with Gasteiger partial charge >= 0.3 is 0 Å². The standard InChI is InChI=1S/C15H24N2O/c1-17(7-8-4-11(16)5-8)15(18)14-12-9-2-3-10(6-9)13(12)14/h8-14H,2-7,16H2,1H3. The van der Waals surface area contributed by atoms with Gasteiger partial charge in [0.25, 0.3) is 0 Å². The monoisotopic (exact) mass is 248 g/mol. The highest BCUT2D eigenvalue weighted by molar-refractivity contribution is 5.82. The average Bonchev–Trinajstić information content (AvgIpc) is 2.74. The van der Waals surface area contributed by atoms with E-state index >= 15 is 0 Å². The second-order valence-corrected chi connectivity index (χ2v) is 7.33. The van der Waals surface area contributed by atoms with Crippen LogP contribution < -0.4 is 5.73 Å². The van der Waals surface area contributed by atoms with Crippen LogP contribution in [0.1, 0.15) is 32.1 Å². The van der Waals surface area contributed by atoms with E-state index in [1.807, 2.05) is 11.9 Å². The number of amides is 1. The van der Waals surface area contributed by atoms with Gasteiger partial charge < -0.3 is 10.6 Å². The fourth-order valence-corrected chi connectivity index (χ4v) is 5.32. The number of nitrogens with two attached hydrogens (primary N) is 1. The van der Waals surface area contributed by atoms with Crippen molar-refractivity contribution in [3.8, 4) is 0 Å². The van der Waals surface area contributed by atoms with Crippen LogP contribution in [0.15, 0.2) is 0 Å². The predicted octanol–water partition coefficient (Wildman–Crippen LogP) is 1.47. The molecule has 4 aliphatic rings. The van der Waals surface area contributed by atoms with Gasteiger partial charge in [-0.1, -0.05) is 0 Å². The minimum atomic E-state index is 0.398. The van der Waals surface area contributed by atoms with Crippen LogP contribution in [0.25, 0.3) is 0 Å². The van der Waals surface area contributed by atoms with Crippen molar-refractivity contribution in [2.75, 3.05) is 13.6 Å². The largest absolute Gasteiger partial charge is 0.345 e. The van der Waals surface area contributed by atoms with Crippen LogP contribution in [0.2, 0.25) is 0 Å². The Morgan fingerprint density at radius 2 is 1.78 bits per heavy atom. The van der Waals surface area contributed by atoms with Crippen molar-refractivity contribution in [1.29, 1.82) is 0 Å². The molecule has 4 aliphatic carbocycles. The topological polar surface area (TPSA) is 46.3 Å². The fourth-order valence-electron chi connectivity index (χ4n) is 5.32. The van der Waals surface area contributed by atoms with Gasteiger partial charge in [0.2, 0.25) is 5.91 Å². The summed E-state index contributed by atoms with van der Waals surface area (Å²) >= 11 is 0. The third-order valence-electron chi connectivity index (χ3n) is 6.20. The first-order chi connectivity index (χ1) is 8.65. The highest BCUT2D eigenvalue weighted by atomic mass is 16.2. The zero-order valence-electron chi connectivity index (χ0n) is 11.2. The van der Waals surface area contributed by atoms with Gasteiger partial charge in [0.1, 0.15) is 0 Å². The van der Waals surface area contributed by atoms with Gasteiger partial charge in [-0.25, -0.2) is 0 Å². The van der Waals surface area contributed by atoms with E-state index in [1.54, 1.807) is 0 Å². The predicted molar refractivity (Wildman–Crippen MR) is 69.6 cm³/mol. The summed E-state index contributed by atoms with van der Waals surface area (Å²) in [5.41, 5.74) is 5.81. The van der Waals surface area contributed by atoms with Gasteiger partial charge in [0.05, 0.1) is 0 Å². The summed E-state index contributed by atoms with van der Waals surface area (Å²) in [6, 6.07) is 0.398. The molecule has 4 atom stereocenters. The molecule has 3 heteroatoms. The van der Waals surface area contributed by atoms with Crippen molar-refractivity contribution in [1.82, 2.24) is 4.90 Å². The number of rotatable bonds is 3. The first kappa shape index (κ1) is 11.3. The Morgan fingerprint density at radius 3 is 2.33 bits per heavy atom. The second-order valence-electron chi connectivity index (χ2n) is 7.33. The quantitative estimate of drug-likeness (QED) is 0.822. The maximum Gasteiger partial charge on any atom is 0.226 e. The lowest BCUT2D eigenvalue weighted by Crippen LogP contribution is -2.44. The lowest BCUT2D eigenvalue weighted by atomic mass is 9.80. The Morgan fingerprint density at radius 1 is 1.17 bits per heavy atom. The molecule has 0 radical (unpaired) electrons. The van der Waals surface area contributed by atoms with Gasteiger partial charge in [-0.05, 0) is 61.7 Å². The van der Waals surface area contributed by atoms with Crippen molar-refractivity contribution in [3.63, 3.8) is 0 Å². The summed E-state index contributed by atoms with van der Waals surface area (Å²) in [7, 11) is 2.00. The van der Waals surface area contributed by atoms with Gasteiger partial charge in [0.15, 0.2) is 0 Å². The maximum atomic E-state index is 12.5. The van der Waals surface area contributed by atoms with E-state index in [9.17, 15) is 4.79 Å². The molecule has 0 aromatic heterocycles. The van der Waals surface area contributed by atoms with Crippen molar-refractivity contribution < 1.29 is 4.79 Å². The minimum absolute atomic E-state index is 0.398. The van der Waals surface area contributed by atoms with Crippen molar-refractivity contribution in [2.45, 2.75) is 38.1 Å². The number of carbonyl (C=O) groups excluding carboxylic acids is 1. The van der Waals surface area contributed by atoms with Crippen LogP contribution in [0, 0.1) is 35.5 Å². The Bertz CT molecular complexity index is 361. The van der Waals surface area contributed by atoms with E-state index < -0.39 is 0 Å². The molecule has 100 valence electrons. The molecule has 18 heavy (non-hydrogen) atoms. The van der Waals surface area contributed by atoms with Crippen LogP contribution in [0.3, 0.4) is 0 Å². The van der Waals surface area contributed by atoms with E-state index in [1.165, 1.54) is 19.3 Å². The molecular formula is C15H24N2O. The van der Waals surface area contributed by atoms with Gasteiger partial charge in [-0.2, -0.15) is 0 Å². The molecule has 0 aromatic carbocycles. The molecule has 4 unspecified atom stereocenters. The average molecular weight is 248 g/mol. The van der Waals surface area contributed by atoms with E-state index in [4.69, 9.17) is 5.73 Å². The molecule has 2 N–H and O–H groups in total. The molecule has 4 saturated carbocycles. The molecule has 4 fully saturated rings. The smallest absolute Gasteiger partial charge is 0.226 e. The summed E-state index contributed by atoms with van der Waals surface area (Å²) < 4.78 is 0. The third kappa shape index (κ3) is 1.49. The molecule has 0 aliphatic heterocycles. The molecule has 4 rings (SSSR count). The fraction of sp³-hybridized carbons (Fsp3) is 0.933. The van der Waals surface area contributed by atoms with E-state index in [2.05, 4.69) is 0 Å². The zero-order chi connectivity index (χ0) is 12.4. The molecule has 0 saturated heterocycles. The van der Waals surface area contributed by atoms with Gasteiger partial charge in [-0.3, -0.25) is 4.79 Å². The number of fused-ring (bicyclic) bond motifs is 5. The third-order valence-corrected chi connectivity index (χ3v) is 6.20. The molecule has 2 bridgehead atoms.